The van der Waals surface area contributed by atoms with Crippen LogP contribution in [0.15, 0.2) is 96.2 Å². The van der Waals surface area contributed by atoms with Crippen LogP contribution < -0.4 is 5.73 Å². The molecular formula is C30H23F3N6O2. The fourth-order valence-corrected chi connectivity index (χ4v) is 5.32. The maximum atomic E-state index is 14.1. The lowest BCUT2D eigenvalue weighted by atomic mass is 9.83. The largest absolute Gasteiger partial charge is 0.417 e. The minimum atomic E-state index is -4.77. The van der Waals surface area contributed by atoms with Crippen LogP contribution in [0.3, 0.4) is 0 Å². The molecule has 2 N–H and O–H groups in total. The smallest absolute Gasteiger partial charge is 0.369 e. The third-order valence-corrected chi connectivity index (χ3v) is 7.29. The standard InChI is InChI=1S/C30H23F3N6O2/c31-30(32,33)23-12-11-19(15-22(23)26(40)38-17-24-25(18-38)36-14-13-35-24)16-39-27(41)29(37-28(39)34,20-7-3-1-4-8-20)21-9-5-2-6-10-21/h1-15H,16-18H2,(H2,34,37). The average Bonchev–Trinajstić information content (AvgIpc) is 3.52. The molecule has 2 aliphatic rings. The van der Waals surface area contributed by atoms with Crippen LogP contribution >= 0.6 is 0 Å². The Balaban J connectivity index is 1.35. The summed E-state index contributed by atoms with van der Waals surface area (Å²) >= 11 is 0. The summed E-state index contributed by atoms with van der Waals surface area (Å²) in [5.41, 5.74) is 5.80. The fraction of sp³-hybridized carbons (Fsp3) is 0.167. The molecule has 0 saturated heterocycles. The number of aromatic nitrogens is 2. The summed E-state index contributed by atoms with van der Waals surface area (Å²) in [6.07, 6.45) is -1.83. The number of rotatable bonds is 5. The van der Waals surface area contributed by atoms with Crippen molar-refractivity contribution in [1.82, 2.24) is 19.8 Å². The van der Waals surface area contributed by atoms with Gasteiger partial charge < -0.3 is 10.6 Å². The predicted octanol–water partition coefficient (Wildman–Crippen LogP) is 4.25. The summed E-state index contributed by atoms with van der Waals surface area (Å²) in [6, 6.07) is 21.2. The molecule has 1 aromatic heterocycles. The van der Waals surface area contributed by atoms with Crippen molar-refractivity contribution in [3.8, 4) is 0 Å². The van der Waals surface area contributed by atoms with Crippen molar-refractivity contribution in [3.63, 3.8) is 0 Å². The zero-order chi connectivity index (χ0) is 28.8. The van der Waals surface area contributed by atoms with Gasteiger partial charge in [0.1, 0.15) is 0 Å². The van der Waals surface area contributed by atoms with Gasteiger partial charge >= 0.3 is 6.18 Å². The minimum Gasteiger partial charge on any atom is -0.369 e. The van der Waals surface area contributed by atoms with E-state index in [1.165, 1.54) is 34.3 Å². The van der Waals surface area contributed by atoms with Gasteiger partial charge in [0.05, 0.1) is 42.1 Å². The van der Waals surface area contributed by atoms with Crippen molar-refractivity contribution in [1.29, 1.82) is 0 Å². The maximum Gasteiger partial charge on any atom is 0.417 e. The SMILES string of the molecule is NC1=NC(c2ccccc2)(c2ccccc2)C(=O)N1Cc1ccc(C(F)(F)F)c(C(=O)N2Cc3nccnc3C2)c1. The van der Waals surface area contributed by atoms with Gasteiger partial charge in [0.2, 0.25) is 0 Å². The lowest BCUT2D eigenvalue weighted by Crippen LogP contribution is -2.43. The highest BCUT2D eigenvalue weighted by molar-refractivity contribution is 6.09. The van der Waals surface area contributed by atoms with Crippen molar-refractivity contribution < 1.29 is 22.8 Å². The lowest BCUT2D eigenvalue weighted by molar-refractivity contribution is -0.138. The molecule has 6 rings (SSSR count). The number of nitrogens with two attached hydrogens (primary N) is 1. The van der Waals surface area contributed by atoms with E-state index in [0.29, 0.717) is 22.5 Å². The number of guanidine groups is 1. The van der Waals surface area contributed by atoms with Crippen molar-refractivity contribution in [3.05, 3.63) is 130 Å². The molecule has 0 saturated carbocycles. The van der Waals surface area contributed by atoms with Crippen LogP contribution in [0.1, 0.15) is 44.0 Å². The number of fused-ring (bicyclic) bond motifs is 1. The molecule has 11 heteroatoms. The number of hydrogen-bond donors (Lipinski definition) is 1. The van der Waals surface area contributed by atoms with Crippen molar-refractivity contribution >= 4 is 17.8 Å². The first-order chi connectivity index (χ1) is 19.7. The minimum absolute atomic E-state index is 0.0461. The summed E-state index contributed by atoms with van der Waals surface area (Å²) in [4.78, 5) is 43.0. The molecule has 0 fully saturated rings. The first-order valence-electron chi connectivity index (χ1n) is 12.7. The summed E-state index contributed by atoms with van der Waals surface area (Å²) in [5.74, 6) is -1.34. The number of alkyl halides is 3. The van der Waals surface area contributed by atoms with E-state index in [2.05, 4.69) is 15.0 Å². The van der Waals surface area contributed by atoms with Crippen molar-refractivity contribution in [2.75, 3.05) is 0 Å². The molecule has 3 aromatic carbocycles. The molecule has 2 aliphatic heterocycles. The number of benzene rings is 3. The van der Waals surface area contributed by atoms with E-state index < -0.39 is 34.7 Å². The van der Waals surface area contributed by atoms with Gasteiger partial charge in [0.25, 0.3) is 11.8 Å². The maximum absolute atomic E-state index is 14.1. The normalized spacial score (nSPS) is 16.1. The molecule has 0 radical (unpaired) electrons. The van der Waals surface area contributed by atoms with Gasteiger partial charge in [-0.15, -0.1) is 0 Å². The Hall–Kier alpha value is -5.06. The summed E-state index contributed by atoms with van der Waals surface area (Å²) < 4.78 is 42.0. The van der Waals surface area contributed by atoms with Gasteiger partial charge in [-0.1, -0.05) is 66.7 Å². The van der Waals surface area contributed by atoms with Crippen LogP contribution in [0.5, 0.6) is 0 Å². The Labute approximate surface area is 233 Å². The van der Waals surface area contributed by atoms with E-state index in [4.69, 9.17) is 5.73 Å². The van der Waals surface area contributed by atoms with E-state index >= 15 is 0 Å². The van der Waals surface area contributed by atoms with Crippen LogP contribution in [0.2, 0.25) is 0 Å². The van der Waals surface area contributed by atoms with Gasteiger partial charge in [-0.2, -0.15) is 13.2 Å². The number of halogens is 3. The lowest BCUT2D eigenvalue weighted by Gasteiger charge is -2.27. The zero-order valence-corrected chi connectivity index (χ0v) is 21.5. The Morgan fingerprint density at radius 3 is 1.98 bits per heavy atom. The van der Waals surface area contributed by atoms with E-state index in [1.807, 2.05) is 12.1 Å². The van der Waals surface area contributed by atoms with E-state index in [9.17, 15) is 22.8 Å². The van der Waals surface area contributed by atoms with Crippen LogP contribution in [0, 0.1) is 0 Å². The topological polar surface area (TPSA) is 105 Å². The van der Waals surface area contributed by atoms with Crippen LogP contribution in [0.4, 0.5) is 13.2 Å². The second-order valence-electron chi connectivity index (χ2n) is 9.79. The van der Waals surface area contributed by atoms with Gasteiger partial charge in [-0.3, -0.25) is 24.5 Å². The molecule has 0 aliphatic carbocycles. The van der Waals surface area contributed by atoms with Gasteiger partial charge in [0, 0.05) is 12.4 Å². The molecule has 0 spiro atoms. The van der Waals surface area contributed by atoms with Crippen molar-refractivity contribution in [2.24, 2.45) is 10.7 Å². The van der Waals surface area contributed by atoms with Gasteiger partial charge in [-0.05, 0) is 28.8 Å². The Morgan fingerprint density at radius 1 is 0.878 bits per heavy atom. The summed E-state index contributed by atoms with van der Waals surface area (Å²) in [6.45, 7) is -0.0911. The van der Waals surface area contributed by atoms with E-state index in [0.717, 1.165) is 6.07 Å². The summed E-state index contributed by atoms with van der Waals surface area (Å²) in [7, 11) is 0. The van der Waals surface area contributed by atoms with Crippen LogP contribution in [-0.4, -0.2) is 37.5 Å². The molecule has 41 heavy (non-hydrogen) atoms. The Morgan fingerprint density at radius 2 is 1.44 bits per heavy atom. The number of carbonyl (C=O) groups excluding carboxylic acids is 2. The van der Waals surface area contributed by atoms with Crippen LogP contribution in [-0.2, 0) is 36.1 Å². The predicted molar refractivity (Wildman–Crippen MR) is 143 cm³/mol. The zero-order valence-electron chi connectivity index (χ0n) is 21.5. The van der Waals surface area contributed by atoms with Crippen molar-refractivity contribution in [2.45, 2.75) is 31.3 Å². The Kier molecular flexibility index (Phi) is 6.29. The molecule has 4 aromatic rings. The highest BCUT2D eigenvalue weighted by Gasteiger charge is 2.50. The highest BCUT2D eigenvalue weighted by Crippen LogP contribution is 2.40. The molecule has 0 unspecified atom stereocenters. The second-order valence-corrected chi connectivity index (χ2v) is 9.79. The number of hydrogen-bond acceptors (Lipinski definition) is 6. The van der Waals surface area contributed by atoms with E-state index in [1.54, 1.807) is 48.5 Å². The highest BCUT2D eigenvalue weighted by atomic mass is 19.4. The number of carbonyl (C=O) groups is 2. The molecule has 0 bridgehead atoms. The second kappa shape index (κ2) is 9.84. The molecule has 8 nitrogen and oxygen atoms in total. The first kappa shape index (κ1) is 26.2. The third kappa shape index (κ3) is 4.48. The number of nitrogens with zero attached hydrogens (tertiary/aromatic N) is 5. The van der Waals surface area contributed by atoms with Gasteiger partial charge in [0.15, 0.2) is 11.5 Å². The number of aliphatic imine (C=N–C) groups is 1. The van der Waals surface area contributed by atoms with Crippen LogP contribution in [0.25, 0.3) is 0 Å². The first-order valence-corrected chi connectivity index (χ1v) is 12.7. The fourth-order valence-electron chi connectivity index (χ4n) is 5.32. The van der Waals surface area contributed by atoms with E-state index in [-0.39, 0.29) is 31.2 Å². The molecule has 3 heterocycles. The Bertz CT molecular complexity index is 1610. The quantitative estimate of drug-likeness (QED) is 0.396. The molecular weight excluding hydrogens is 533 g/mol. The number of amides is 2. The third-order valence-electron chi connectivity index (χ3n) is 7.29. The summed E-state index contributed by atoms with van der Waals surface area (Å²) in [5, 5.41) is 0. The van der Waals surface area contributed by atoms with Gasteiger partial charge in [-0.25, -0.2) is 4.99 Å². The average molecular weight is 557 g/mol. The monoisotopic (exact) mass is 556 g/mol. The molecule has 206 valence electrons. The molecule has 2 amide bonds. The molecule has 0 atom stereocenters.